The van der Waals surface area contributed by atoms with E-state index in [0.717, 1.165) is 21.3 Å². The van der Waals surface area contributed by atoms with Crippen molar-refractivity contribution in [3.05, 3.63) is 63.6 Å². The number of rotatable bonds is 4. The molecule has 2 aromatic rings. The Morgan fingerprint density at radius 2 is 2.03 bits per heavy atom. The van der Waals surface area contributed by atoms with Gasteiger partial charge in [0, 0.05) is 40.1 Å². The molecule has 0 fully saturated rings. The predicted molar refractivity (Wildman–Crippen MR) is 125 cm³/mol. The van der Waals surface area contributed by atoms with Crippen molar-refractivity contribution in [3.8, 4) is 11.8 Å². The summed E-state index contributed by atoms with van der Waals surface area (Å²) in [5, 5.41) is 12.4. The third kappa shape index (κ3) is 4.27. The minimum atomic E-state index is -0.471. The number of fused-ring (bicyclic) bond motifs is 1. The number of hydrogen-bond acceptors (Lipinski definition) is 4. The molecule has 0 atom stereocenters. The lowest BCUT2D eigenvalue weighted by Gasteiger charge is -2.41. The van der Waals surface area contributed by atoms with E-state index in [2.05, 4.69) is 53.0 Å². The summed E-state index contributed by atoms with van der Waals surface area (Å²) in [5.41, 5.74) is 4.40. The monoisotopic (exact) mass is 465 g/mol. The second-order valence-corrected chi connectivity index (χ2v) is 8.70. The van der Waals surface area contributed by atoms with E-state index >= 15 is 0 Å². The van der Waals surface area contributed by atoms with Crippen molar-refractivity contribution < 1.29 is 9.53 Å². The Labute approximate surface area is 185 Å². The minimum Gasteiger partial charge on any atom is -0.496 e. The Kier molecular flexibility index (Phi) is 6.04. The molecular weight excluding hydrogens is 442 g/mol. The van der Waals surface area contributed by atoms with Gasteiger partial charge in [-0.1, -0.05) is 28.1 Å². The van der Waals surface area contributed by atoms with Crippen LogP contribution in [0.5, 0.6) is 5.75 Å². The quantitative estimate of drug-likeness (QED) is 0.468. The normalized spacial score (nSPS) is 15.0. The van der Waals surface area contributed by atoms with Gasteiger partial charge in [-0.25, -0.2) is 0 Å². The van der Waals surface area contributed by atoms with Gasteiger partial charge in [0.25, 0.3) is 5.91 Å². The fraction of sp³-hybridized carbons (Fsp3) is 0.250. The smallest absolute Gasteiger partial charge is 0.266 e. The average molecular weight is 466 g/mol. The fourth-order valence-corrected chi connectivity index (χ4v) is 3.95. The number of carbonyl (C=O) groups is 1. The molecule has 0 bridgehead atoms. The van der Waals surface area contributed by atoms with Crippen LogP contribution < -0.4 is 15.0 Å². The lowest BCUT2D eigenvalue weighted by molar-refractivity contribution is -0.112. The first-order valence-electron chi connectivity index (χ1n) is 9.50. The molecule has 0 spiro atoms. The molecule has 0 aromatic heterocycles. The lowest BCUT2D eigenvalue weighted by atomic mass is 9.88. The van der Waals surface area contributed by atoms with E-state index in [1.807, 2.05) is 37.4 Å². The number of carbonyl (C=O) groups excluding carboxylic acids is 1. The summed E-state index contributed by atoms with van der Waals surface area (Å²) in [4.78, 5) is 14.9. The van der Waals surface area contributed by atoms with Gasteiger partial charge in [0.1, 0.15) is 17.4 Å². The number of nitrogens with zero attached hydrogens (tertiary/aromatic N) is 2. The maximum absolute atomic E-state index is 12.7. The number of hydrogen-bond donors (Lipinski definition) is 1. The van der Waals surface area contributed by atoms with Crippen LogP contribution >= 0.6 is 15.9 Å². The van der Waals surface area contributed by atoms with E-state index in [0.29, 0.717) is 17.0 Å². The highest BCUT2D eigenvalue weighted by Gasteiger charge is 2.29. The number of allylic oxidation sites excluding steroid dienone is 1. The van der Waals surface area contributed by atoms with Crippen LogP contribution in [0.25, 0.3) is 11.6 Å². The zero-order chi connectivity index (χ0) is 22.1. The number of likely N-dealkylation sites (N-methyl/N-ethyl adjacent to an activating group) is 1. The molecule has 0 saturated heterocycles. The zero-order valence-electron chi connectivity index (χ0n) is 17.7. The molecule has 5 nitrogen and oxygen atoms in total. The van der Waals surface area contributed by atoms with Crippen molar-refractivity contribution in [1.82, 2.24) is 0 Å². The third-order valence-electron chi connectivity index (χ3n) is 5.32. The number of nitrogens with one attached hydrogen (secondary N) is 1. The molecule has 1 N–H and O–H groups in total. The summed E-state index contributed by atoms with van der Waals surface area (Å²) in [6.45, 7) is 6.37. The largest absolute Gasteiger partial charge is 0.496 e. The van der Waals surface area contributed by atoms with Gasteiger partial charge in [-0.3, -0.25) is 4.79 Å². The third-order valence-corrected chi connectivity index (χ3v) is 5.81. The van der Waals surface area contributed by atoms with Crippen LogP contribution in [-0.2, 0) is 4.79 Å². The van der Waals surface area contributed by atoms with E-state index < -0.39 is 5.91 Å². The van der Waals surface area contributed by atoms with E-state index in [-0.39, 0.29) is 11.1 Å². The summed E-state index contributed by atoms with van der Waals surface area (Å²) in [5.74, 6) is 0.134. The number of anilines is 2. The summed E-state index contributed by atoms with van der Waals surface area (Å²) >= 11 is 3.38. The van der Waals surface area contributed by atoms with Crippen LogP contribution in [0, 0.1) is 11.3 Å². The molecule has 154 valence electrons. The van der Waals surface area contributed by atoms with Gasteiger partial charge < -0.3 is 15.0 Å². The number of nitriles is 1. The van der Waals surface area contributed by atoms with E-state index in [9.17, 15) is 10.1 Å². The zero-order valence-corrected chi connectivity index (χ0v) is 19.3. The standard InChI is InChI=1S/C24H24BrN3O2/c1-15-13-24(2,3)28(4)21-12-22(30-5)16(10-20(15)21)9-17(14-26)23(29)27-19-8-6-7-18(25)11-19/h6-13H,1-5H3,(H,27,29)/b17-9+. The molecule has 0 radical (unpaired) electrons. The average Bonchev–Trinajstić information content (AvgIpc) is 2.69. The highest BCUT2D eigenvalue weighted by Crippen LogP contribution is 2.41. The topological polar surface area (TPSA) is 65.4 Å². The molecule has 1 amide bonds. The summed E-state index contributed by atoms with van der Waals surface area (Å²) in [7, 11) is 3.63. The van der Waals surface area contributed by atoms with Crippen LogP contribution in [0.4, 0.5) is 11.4 Å². The van der Waals surface area contributed by atoms with Gasteiger partial charge >= 0.3 is 0 Å². The summed E-state index contributed by atoms with van der Waals surface area (Å²) in [6, 6.07) is 13.2. The molecule has 1 aliphatic rings. The molecule has 6 heteroatoms. The summed E-state index contributed by atoms with van der Waals surface area (Å²) in [6.07, 6.45) is 3.78. The molecule has 2 aromatic carbocycles. The molecule has 0 saturated carbocycles. The van der Waals surface area contributed by atoms with Crippen molar-refractivity contribution in [2.24, 2.45) is 0 Å². The van der Waals surface area contributed by atoms with Crippen LogP contribution in [0.2, 0.25) is 0 Å². The minimum absolute atomic E-state index is 0.000600. The van der Waals surface area contributed by atoms with Gasteiger partial charge in [-0.05, 0) is 56.7 Å². The molecule has 1 heterocycles. The molecule has 30 heavy (non-hydrogen) atoms. The van der Waals surface area contributed by atoms with Crippen molar-refractivity contribution in [3.63, 3.8) is 0 Å². The predicted octanol–water partition coefficient (Wildman–Crippen LogP) is 5.64. The molecule has 1 aliphatic heterocycles. The van der Waals surface area contributed by atoms with Gasteiger partial charge in [0.2, 0.25) is 0 Å². The van der Waals surface area contributed by atoms with Crippen LogP contribution in [0.3, 0.4) is 0 Å². The number of amides is 1. The first-order chi connectivity index (χ1) is 14.2. The Hall–Kier alpha value is -3.04. The second kappa shape index (κ2) is 8.37. The van der Waals surface area contributed by atoms with Gasteiger partial charge in [-0.15, -0.1) is 0 Å². The summed E-state index contributed by atoms with van der Waals surface area (Å²) < 4.78 is 6.43. The lowest BCUT2D eigenvalue weighted by Crippen LogP contribution is -2.42. The van der Waals surface area contributed by atoms with E-state index in [1.165, 1.54) is 0 Å². The van der Waals surface area contributed by atoms with Gasteiger partial charge in [0.15, 0.2) is 0 Å². The van der Waals surface area contributed by atoms with Gasteiger partial charge in [0.05, 0.1) is 12.6 Å². The van der Waals surface area contributed by atoms with Crippen LogP contribution in [0.1, 0.15) is 31.9 Å². The van der Waals surface area contributed by atoms with Crippen molar-refractivity contribution >= 4 is 44.9 Å². The number of methoxy groups -OCH3 is 1. The molecule has 3 rings (SSSR count). The number of benzene rings is 2. The molecule has 0 aliphatic carbocycles. The molecule has 0 unspecified atom stereocenters. The fourth-order valence-electron chi connectivity index (χ4n) is 3.55. The molecular formula is C24H24BrN3O2. The maximum atomic E-state index is 12.7. The highest BCUT2D eigenvalue weighted by atomic mass is 79.9. The van der Waals surface area contributed by atoms with Crippen LogP contribution in [0.15, 0.2) is 52.5 Å². The Morgan fingerprint density at radius 3 is 2.67 bits per heavy atom. The van der Waals surface area contributed by atoms with E-state index in [1.54, 1.807) is 25.3 Å². The van der Waals surface area contributed by atoms with Crippen molar-refractivity contribution in [1.29, 1.82) is 5.26 Å². The Bertz CT molecular complexity index is 1110. The SMILES string of the molecule is COc1cc2c(cc1/C=C(\C#N)C(=O)Nc1cccc(Br)c1)C(C)=CC(C)(C)N2C. The second-order valence-electron chi connectivity index (χ2n) is 7.79. The number of halogens is 1. The van der Waals surface area contributed by atoms with Crippen molar-refractivity contribution in [2.75, 3.05) is 24.4 Å². The Balaban J connectivity index is 2.02. The first kappa shape index (κ1) is 21.7. The van der Waals surface area contributed by atoms with Crippen LogP contribution in [-0.4, -0.2) is 25.6 Å². The van der Waals surface area contributed by atoms with Gasteiger partial charge in [-0.2, -0.15) is 5.26 Å². The number of ether oxygens (including phenoxy) is 1. The highest BCUT2D eigenvalue weighted by molar-refractivity contribution is 9.10. The first-order valence-corrected chi connectivity index (χ1v) is 10.3. The van der Waals surface area contributed by atoms with E-state index in [4.69, 9.17) is 4.74 Å². The van der Waals surface area contributed by atoms with Crippen molar-refractivity contribution in [2.45, 2.75) is 26.3 Å². The maximum Gasteiger partial charge on any atom is 0.266 e. The Morgan fingerprint density at radius 1 is 1.30 bits per heavy atom.